The minimum Gasteiger partial charge on any atom is -0.394 e. The fourth-order valence-corrected chi connectivity index (χ4v) is 1.36. The number of ether oxygens (including phenoxy) is 2. The molecule has 2 fully saturated rings. The molecule has 5 atom stereocenters. The molecule has 2 saturated heterocycles. The summed E-state index contributed by atoms with van der Waals surface area (Å²) in [5.41, 5.74) is 0. The van der Waals surface area contributed by atoms with Crippen LogP contribution in [-0.2, 0) is 9.47 Å². The van der Waals surface area contributed by atoms with Gasteiger partial charge in [-0.3, -0.25) is 0 Å². The summed E-state index contributed by atoms with van der Waals surface area (Å²) in [7, 11) is 0. The monoisotopic (exact) mass is 178 g/mol. The molecule has 2 rings (SSSR count). The first-order valence-corrected chi connectivity index (χ1v) is 3.63. The van der Waals surface area contributed by atoms with E-state index in [0.717, 1.165) is 0 Å². The Morgan fingerprint density at radius 3 is 2.42 bits per heavy atom. The topological polar surface area (TPSA) is 103 Å². The first-order chi connectivity index (χ1) is 5.58. The standard InChI is InChI=1S/C6H10O6/c7-1-2-3(8)4(9)5-6(10,11-2)12-5/h2-5,7-10H,1H2. The Labute approximate surface area is 68.0 Å². The van der Waals surface area contributed by atoms with Crippen molar-refractivity contribution in [2.24, 2.45) is 0 Å². The molecular formula is C6H10O6. The van der Waals surface area contributed by atoms with E-state index in [0.29, 0.717) is 0 Å². The van der Waals surface area contributed by atoms with Crippen molar-refractivity contribution in [2.45, 2.75) is 30.4 Å². The van der Waals surface area contributed by atoms with Gasteiger partial charge in [-0.1, -0.05) is 0 Å². The molecule has 6 nitrogen and oxygen atoms in total. The minimum absolute atomic E-state index is 0.476. The predicted molar refractivity (Wildman–Crippen MR) is 33.8 cm³/mol. The van der Waals surface area contributed by atoms with E-state index >= 15 is 0 Å². The zero-order chi connectivity index (χ0) is 8.93. The largest absolute Gasteiger partial charge is 0.394 e. The van der Waals surface area contributed by atoms with E-state index in [4.69, 9.17) is 9.84 Å². The third kappa shape index (κ3) is 0.972. The summed E-state index contributed by atoms with van der Waals surface area (Å²) in [4.78, 5) is 0. The first kappa shape index (κ1) is 8.36. The van der Waals surface area contributed by atoms with E-state index in [-0.39, 0.29) is 0 Å². The number of hydrogen-bond acceptors (Lipinski definition) is 6. The highest BCUT2D eigenvalue weighted by Gasteiger charge is 2.68. The minimum atomic E-state index is -1.80. The smallest absolute Gasteiger partial charge is 0.312 e. The molecule has 0 bridgehead atoms. The van der Waals surface area contributed by atoms with Crippen LogP contribution >= 0.6 is 0 Å². The fraction of sp³-hybridized carbons (Fsp3) is 1.00. The number of hydrogen-bond donors (Lipinski definition) is 4. The molecule has 0 radical (unpaired) electrons. The van der Waals surface area contributed by atoms with E-state index < -0.39 is 37.0 Å². The Morgan fingerprint density at radius 1 is 1.17 bits per heavy atom. The number of epoxide rings is 1. The van der Waals surface area contributed by atoms with E-state index in [1.165, 1.54) is 0 Å². The Morgan fingerprint density at radius 2 is 1.83 bits per heavy atom. The molecule has 0 amide bonds. The summed E-state index contributed by atoms with van der Waals surface area (Å²) in [6, 6.07) is 0. The van der Waals surface area contributed by atoms with Gasteiger partial charge in [0.2, 0.25) is 0 Å². The molecular weight excluding hydrogens is 168 g/mol. The van der Waals surface area contributed by atoms with Crippen LogP contribution in [0.1, 0.15) is 0 Å². The lowest BCUT2D eigenvalue weighted by Crippen LogP contribution is -2.52. The number of aliphatic hydroxyl groups excluding tert-OH is 3. The Hall–Kier alpha value is -0.240. The van der Waals surface area contributed by atoms with E-state index in [1.807, 2.05) is 0 Å². The summed E-state index contributed by atoms with van der Waals surface area (Å²) >= 11 is 0. The van der Waals surface area contributed by atoms with Crippen molar-refractivity contribution >= 4 is 0 Å². The van der Waals surface area contributed by atoms with E-state index in [2.05, 4.69) is 4.74 Å². The zero-order valence-electron chi connectivity index (χ0n) is 6.12. The van der Waals surface area contributed by atoms with Crippen LogP contribution in [0.2, 0.25) is 0 Å². The van der Waals surface area contributed by atoms with Crippen LogP contribution in [0.5, 0.6) is 0 Å². The van der Waals surface area contributed by atoms with Gasteiger partial charge in [0.1, 0.15) is 18.3 Å². The second kappa shape index (κ2) is 2.38. The van der Waals surface area contributed by atoms with Crippen LogP contribution in [0.4, 0.5) is 0 Å². The van der Waals surface area contributed by atoms with Gasteiger partial charge in [0.15, 0.2) is 6.10 Å². The molecule has 12 heavy (non-hydrogen) atoms. The molecule has 0 aliphatic carbocycles. The second-order valence-corrected chi connectivity index (χ2v) is 2.99. The van der Waals surface area contributed by atoms with Gasteiger partial charge < -0.3 is 29.9 Å². The van der Waals surface area contributed by atoms with Crippen molar-refractivity contribution in [3.63, 3.8) is 0 Å². The highest BCUT2D eigenvalue weighted by atomic mass is 16.9. The van der Waals surface area contributed by atoms with Gasteiger partial charge in [0, 0.05) is 0 Å². The SMILES string of the molecule is OCC1OC2(O)OC2C(O)C1O. The quantitative estimate of drug-likeness (QED) is 0.322. The molecule has 5 unspecified atom stereocenters. The lowest BCUT2D eigenvalue weighted by molar-refractivity contribution is -0.266. The van der Waals surface area contributed by atoms with Gasteiger partial charge in [-0.15, -0.1) is 0 Å². The summed E-state index contributed by atoms with van der Waals surface area (Å²) < 4.78 is 9.35. The summed E-state index contributed by atoms with van der Waals surface area (Å²) in [6.45, 7) is -0.476. The van der Waals surface area contributed by atoms with Crippen molar-refractivity contribution in [3.8, 4) is 0 Å². The molecule has 0 aromatic carbocycles. The maximum atomic E-state index is 9.23. The number of rotatable bonds is 1. The van der Waals surface area contributed by atoms with Crippen LogP contribution in [0, 0.1) is 0 Å². The fourth-order valence-electron chi connectivity index (χ4n) is 1.36. The second-order valence-electron chi connectivity index (χ2n) is 2.99. The Bertz CT molecular complexity index is 194. The van der Waals surface area contributed by atoms with E-state index in [9.17, 15) is 15.3 Å². The maximum Gasteiger partial charge on any atom is 0.312 e. The van der Waals surface area contributed by atoms with E-state index in [1.54, 1.807) is 0 Å². The van der Waals surface area contributed by atoms with Gasteiger partial charge in [-0.05, 0) is 0 Å². The molecule has 0 spiro atoms. The summed E-state index contributed by atoms with van der Waals surface area (Å²) in [5.74, 6) is -1.80. The van der Waals surface area contributed by atoms with Gasteiger partial charge in [-0.25, -0.2) is 0 Å². The number of fused-ring (bicyclic) bond motifs is 1. The highest BCUT2D eigenvalue weighted by molar-refractivity contribution is 5.01. The summed E-state index contributed by atoms with van der Waals surface area (Å²) in [5, 5.41) is 36.3. The van der Waals surface area contributed by atoms with Gasteiger partial charge >= 0.3 is 5.97 Å². The third-order valence-electron chi connectivity index (χ3n) is 2.14. The van der Waals surface area contributed by atoms with Crippen molar-refractivity contribution in [1.29, 1.82) is 0 Å². The molecule has 0 aromatic rings. The van der Waals surface area contributed by atoms with Gasteiger partial charge in [-0.2, -0.15) is 0 Å². The molecule has 6 heteroatoms. The van der Waals surface area contributed by atoms with Crippen LogP contribution in [0.3, 0.4) is 0 Å². The van der Waals surface area contributed by atoms with Crippen LogP contribution < -0.4 is 0 Å². The highest BCUT2D eigenvalue weighted by Crippen LogP contribution is 2.43. The summed E-state index contributed by atoms with van der Waals surface area (Å²) in [6.07, 6.45) is -4.32. The van der Waals surface area contributed by atoms with Crippen molar-refractivity contribution in [2.75, 3.05) is 6.61 Å². The number of aliphatic hydroxyl groups is 4. The Kier molecular flexibility index (Phi) is 1.66. The Balaban J connectivity index is 2.11. The van der Waals surface area contributed by atoms with Crippen molar-refractivity contribution in [3.05, 3.63) is 0 Å². The van der Waals surface area contributed by atoms with Crippen molar-refractivity contribution < 1.29 is 29.9 Å². The molecule has 2 aliphatic rings. The molecule has 4 N–H and O–H groups in total. The molecule has 0 saturated carbocycles. The van der Waals surface area contributed by atoms with Crippen LogP contribution in [0.25, 0.3) is 0 Å². The lowest BCUT2D eigenvalue weighted by atomic mass is 10.0. The van der Waals surface area contributed by atoms with Crippen LogP contribution in [0.15, 0.2) is 0 Å². The maximum absolute atomic E-state index is 9.23. The first-order valence-electron chi connectivity index (χ1n) is 3.63. The normalized spacial score (nSPS) is 58.0. The molecule has 70 valence electrons. The zero-order valence-corrected chi connectivity index (χ0v) is 6.12. The lowest BCUT2D eigenvalue weighted by Gasteiger charge is -2.29. The predicted octanol–water partition coefficient (Wildman–Crippen LogP) is -2.86. The third-order valence-corrected chi connectivity index (χ3v) is 2.14. The van der Waals surface area contributed by atoms with Crippen LogP contribution in [-0.4, -0.2) is 57.4 Å². The molecule has 2 aliphatic heterocycles. The average Bonchev–Trinajstić information content (AvgIpc) is 2.71. The van der Waals surface area contributed by atoms with Crippen molar-refractivity contribution in [1.82, 2.24) is 0 Å². The molecule has 2 heterocycles. The van der Waals surface area contributed by atoms with Gasteiger partial charge in [0.25, 0.3) is 0 Å². The molecule has 0 aromatic heterocycles. The average molecular weight is 178 g/mol. The van der Waals surface area contributed by atoms with Gasteiger partial charge in [0.05, 0.1) is 6.61 Å².